The Kier molecular flexibility index (Phi) is 4.84. The van der Waals surface area contributed by atoms with Gasteiger partial charge in [0.15, 0.2) is 0 Å². The van der Waals surface area contributed by atoms with E-state index in [1.807, 2.05) is 12.1 Å². The van der Waals surface area contributed by atoms with Crippen LogP contribution in [0.15, 0.2) is 53.7 Å². The zero-order chi connectivity index (χ0) is 14.4. The van der Waals surface area contributed by atoms with Gasteiger partial charge in [-0.05, 0) is 30.3 Å². The van der Waals surface area contributed by atoms with Crippen LogP contribution >= 0.6 is 15.9 Å². The monoisotopic (exact) mass is 332 g/mol. The molecule has 0 saturated heterocycles. The van der Waals surface area contributed by atoms with E-state index in [9.17, 15) is 4.79 Å². The summed E-state index contributed by atoms with van der Waals surface area (Å²) in [4.78, 5) is 20.2. The number of nitrogens with one attached hydrogen (secondary N) is 2. The highest BCUT2D eigenvalue weighted by atomic mass is 79.9. The lowest BCUT2D eigenvalue weighted by Gasteiger charge is -2.06. The highest BCUT2D eigenvalue weighted by Crippen LogP contribution is 2.14. The normalized spacial score (nSPS) is 9.85. The third-order valence-corrected chi connectivity index (χ3v) is 2.92. The molecule has 2 aromatic rings. The maximum absolute atomic E-state index is 12.1. The molecule has 0 saturated carbocycles. The molecule has 2 rings (SSSR count). The van der Waals surface area contributed by atoms with Crippen LogP contribution in [-0.2, 0) is 0 Å². The van der Waals surface area contributed by atoms with Crippen LogP contribution in [-0.4, -0.2) is 22.4 Å². The molecule has 0 fully saturated rings. The molecule has 5 nitrogen and oxygen atoms in total. The number of anilines is 2. The van der Waals surface area contributed by atoms with Crippen LogP contribution in [0.25, 0.3) is 0 Å². The number of hydrogen-bond acceptors (Lipinski definition) is 4. The zero-order valence-electron chi connectivity index (χ0n) is 10.6. The molecule has 1 heterocycles. The maximum atomic E-state index is 12.1. The van der Waals surface area contributed by atoms with E-state index in [-0.39, 0.29) is 5.91 Å². The number of aromatic nitrogens is 2. The summed E-state index contributed by atoms with van der Waals surface area (Å²) >= 11 is 3.34. The average Bonchev–Trinajstić information content (AvgIpc) is 2.48. The number of amides is 1. The standard InChI is InChI=1S/C14H13BrN4O/c1-2-8-16-14-17-9-7-12(19-14)13(20)18-11-5-3-10(15)4-6-11/h2-7,9H,1,8H2,(H,18,20)(H,16,17,19). The van der Waals surface area contributed by atoms with Crippen LogP contribution in [0, 0.1) is 0 Å². The van der Waals surface area contributed by atoms with Crippen LogP contribution in [0.4, 0.5) is 11.6 Å². The van der Waals surface area contributed by atoms with E-state index in [4.69, 9.17) is 0 Å². The minimum atomic E-state index is -0.281. The summed E-state index contributed by atoms with van der Waals surface area (Å²) in [6.45, 7) is 4.13. The molecule has 0 aliphatic rings. The Morgan fingerprint density at radius 1 is 1.30 bits per heavy atom. The lowest BCUT2D eigenvalue weighted by Crippen LogP contribution is -2.15. The van der Waals surface area contributed by atoms with E-state index in [1.165, 1.54) is 6.20 Å². The molecule has 1 amide bonds. The summed E-state index contributed by atoms with van der Waals surface area (Å²) in [7, 11) is 0. The van der Waals surface area contributed by atoms with Crippen molar-refractivity contribution < 1.29 is 4.79 Å². The molecule has 20 heavy (non-hydrogen) atoms. The van der Waals surface area contributed by atoms with Gasteiger partial charge < -0.3 is 10.6 Å². The Labute approximate surface area is 125 Å². The Morgan fingerprint density at radius 2 is 2.05 bits per heavy atom. The molecule has 0 unspecified atom stereocenters. The van der Waals surface area contributed by atoms with Gasteiger partial charge in [-0.2, -0.15) is 0 Å². The summed E-state index contributed by atoms with van der Waals surface area (Å²) in [5, 5.41) is 5.71. The van der Waals surface area contributed by atoms with Crippen LogP contribution < -0.4 is 10.6 Å². The Bertz CT molecular complexity index is 613. The molecule has 1 aromatic carbocycles. The average molecular weight is 333 g/mol. The summed E-state index contributed by atoms with van der Waals surface area (Å²) in [5.74, 6) is 0.115. The second-order valence-electron chi connectivity index (χ2n) is 3.90. The molecule has 0 spiro atoms. The number of halogens is 1. The highest BCUT2D eigenvalue weighted by Gasteiger charge is 2.08. The molecule has 2 N–H and O–H groups in total. The maximum Gasteiger partial charge on any atom is 0.274 e. The first-order valence-electron chi connectivity index (χ1n) is 5.94. The predicted molar refractivity (Wildman–Crippen MR) is 82.8 cm³/mol. The van der Waals surface area contributed by atoms with Crippen molar-refractivity contribution in [1.82, 2.24) is 9.97 Å². The lowest BCUT2D eigenvalue weighted by atomic mass is 10.3. The first-order valence-corrected chi connectivity index (χ1v) is 6.73. The van der Waals surface area contributed by atoms with Gasteiger partial charge in [0, 0.05) is 22.9 Å². The van der Waals surface area contributed by atoms with Crippen molar-refractivity contribution in [3.05, 3.63) is 59.4 Å². The minimum absolute atomic E-state index is 0.281. The smallest absolute Gasteiger partial charge is 0.274 e. The predicted octanol–water partition coefficient (Wildman–Crippen LogP) is 3.09. The second kappa shape index (κ2) is 6.81. The third-order valence-electron chi connectivity index (χ3n) is 2.39. The third kappa shape index (κ3) is 3.89. The first kappa shape index (κ1) is 14.2. The van der Waals surface area contributed by atoms with Gasteiger partial charge >= 0.3 is 0 Å². The van der Waals surface area contributed by atoms with Gasteiger partial charge in [-0.25, -0.2) is 9.97 Å². The van der Waals surface area contributed by atoms with Crippen molar-refractivity contribution in [2.45, 2.75) is 0 Å². The van der Waals surface area contributed by atoms with E-state index in [0.717, 1.165) is 4.47 Å². The van der Waals surface area contributed by atoms with Gasteiger partial charge in [0.2, 0.25) is 5.95 Å². The summed E-state index contributed by atoms with van der Waals surface area (Å²) in [5.41, 5.74) is 1.01. The van der Waals surface area contributed by atoms with Crippen molar-refractivity contribution >= 4 is 33.5 Å². The van der Waals surface area contributed by atoms with E-state index >= 15 is 0 Å². The Hall–Kier alpha value is -2.21. The Morgan fingerprint density at radius 3 is 2.75 bits per heavy atom. The summed E-state index contributed by atoms with van der Waals surface area (Å²) in [6, 6.07) is 8.88. The number of nitrogens with zero attached hydrogens (tertiary/aromatic N) is 2. The molecular formula is C14H13BrN4O. The van der Waals surface area contributed by atoms with Crippen molar-refractivity contribution in [1.29, 1.82) is 0 Å². The molecule has 1 aromatic heterocycles. The van der Waals surface area contributed by atoms with E-state index < -0.39 is 0 Å². The van der Waals surface area contributed by atoms with Crippen LogP contribution in [0.1, 0.15) is 10.5 Å². The fourth-order valence-electron chi connectivity index (χ4n) is 1.46. The van der Waals surface area contributed by atoms with Crippen molar-refractivity contribution in [3.8, 4) is 0 Å². The van der Waals surface area contributed by atoms with Crippen molar-refractivity contribution in [3.63, 3.8) is 0 Å². The second-order valence-corrected chi connectivity index (χ2v) is 4.81. The largest absolute Gasteiger partial charge is 0.351 e. The molecule has 6 heteroatoms. The van der Waals surface area contributed by atoms with E-state index in [1.54, 1.807) is 24.3 Å². The molecule has 0 radical (unpaired) electrons. The summed E-state index contributed by atoms with van der Waals surface area (Å²) < 4.78 is 0.952. The quantitative estimate of drug-likeness (QED) is 0.825. The molecule has 0 atom stereocenters. The number of hydrogen-bond donors (Lipinski definition) is 2. The summed E-state index contributed by atoms with van der Waals surface area (Å²) in [6.07, 6.45) is 3.23. The molecule has 0 aliphatic carbocycles. The number of benzene rings is 1. The number of carbonyl (C=O) groups excluding carboxylic acids is 1. The van der Waals surface area contributed by atoms with Gasteiger partial charge in [-0.1, -0.05) is 22.0 Å². The SMILES string of the molecule is C=CCNc1nccc(C(=O)Nc2ccc(Br)cc2)n1. The van der Waals surface area contributed by atoms with Gasteiger partial charge in [0.1, 0.15) is 5.69 Å². The molecular weight excluding hydrogens is 320 g/mol. The molecule has 0 aliphatic heterocycles. The Balaban J connectivity index is 2.08. The van der Waals surface area contributed by atoms with Crippen LogP contribution in [0.2, 0.25) is 0 Å². The topological polar surface area (TPSA) is 66.9 Å². The molecule has 102 valence electrons. The minimum Gasteiger partial charge on any atom is -0.351 e. The first-order chi connectivity index (χ1) is 9.69. The number of carbonyl (C=O) groups is 1. The molecule has 0 bridgehead atoms. The van der Waals surface area contributed by atoms with Crippen LogP contribution in [0.5, 0.6) is 0 Å². The number of rotatable bonds is 5. The van der Waals surface area contributed by atoms with Gasteiger partial charge in [0.25, 0.3) is 5.91 Å². The fraction of sp³-hybridized carbons (Fsp3) is 0.0714. The van der Waals surface area contributed by atoms with Crippen molar-refractivity contribution in [2.75, 3.05) is 17.2 Å². The van der Waals surface area contributed by atoms with Crippen molar-refractivity contribution in [2.24, 2.45) is 0 Å². The highest BCUT2D eigenvalue weighted by molar-refractivity contribution is 9.10. The van der Waals surface area contributed by atoms with E-state index in [2.05, 4.69) is 43.1 Å². The fourth-order valence-corrected chi connectivity index (χ4v) is 1.73. The van der Waals surface area contributed by atoms with Gasteiger partial charge in [-0.15, -0.1) is 6.58 Å². The zero-order valence-corrected chi connectivity index (χ0v) is 12.2. The van der Waals surface area contributed by atoms with E-state index in [0.29, 0.717) is 23.9 Å². The lowest BCUT2D eigenvalue weighted by molar-refractivity contribution is 0.102. The van der Waals surface area contributed by atoms with Crippen LogP contribution in [0.3, 0.4) is 0 Å². The van der Waals surface area contributed by atoms with Gasteiger partial charge in [0.05, 0.1) is 0 Å². The van der Waals surface area contributed by atoms with Gasteiger partial charge in [-0.3, -0.25) is 4.79 Å².